The number of para-hydroxylation sites is 1. The van der Waals surface area contributed by atoms with Gasteiger partial charge in [0.2, 0.25) is 0 Å². The third-order valence-corrected chi connectivity index (χ3v) is 6.17. The molecule has 0 fully saturated rings. The van der Waals surface area contributed by atoms with E-state index in [4.69, 9.17) is 16.3 Å². The highest BCUT2D eigenvalue weighted by Crippen LogP contribution is 2.23. The number of ether oxygens (including phenoxy) is 1. The van der Waals surface area contributed by atoms with Crippen LogP contribution in [0.1, 0.15) is 0 Å². The van der Waals surface area contributed by atoms with Crippen molar-refractivity contribution in [1.82, 2.24) is 0 Å². The van der Waals surface area contributed by atoms with Crippen molar-refractivity contribution in [2.75, 3.05) is 16.6 Å². The number of halogens is 2. The quantitative estimate of drug-likeness (QED) is 0.422. The number of sulfonamides is 1. The fraction of sp³-hybridized carbons (Fsp3) is 0.0500. The number of hydrogen-bond donors (Lipinski definition) is 2. The first-order valence-corrected chi connectivity index (χ1v) is 11.3. The topological polar surface area (TPSA) is 84.5 Å². The number of benzene rings is 3. The summed E-state index contributed by atoms with van der Waals surface area (Å²) in [4.78, 5) is 12.1. The Kier molecular flexibility index (Phi) is 6.99. The van der Waals surface area contributed by atoms with Crippen LogP contribution in [0, 0.1) is 3.57 Å². The van der Waals surface area contributed by atoms with Crippen molar-refractivity contribution in [2.24, 2.45) is 0 Å². The van der Waals surface area contributed by atoms with Crippen molar-refractivity contribution in [2.45, 2.75) is 4.90 Å². The average molecular weight is 543 g/mol. The van der Waals surface area contributed by atoms with E-state index in [0.29, 0.717) is 22.1 Å². The highest BCUT2D eigenvalue weighted by molar-refractivity contribution is 14.1. The van der Waals surface area contributed by atoms with Gasteiger partial charge in [0, 0.05) is 14.9 Å². The maximum absolute atomic E-state index is 12.5. The molecule has 0 spiro atoms. The van der Waals surface area contributed by atoms with E-state index in [1.165, 1.54) is 24.3 Å². The van der Waals surface area contributed by atoms with Crippen LogP contribution in [0.15, 0.2) is 77.7 Å². The van der Waals surface area contributed by atoms with Gasteiger partial charge in [-0.1, -0.05) is 23.7 Å². The minimum atomic E-state index is -3.73. The van der Waals surface area contributed by atoms with Gasteiger partial charge >= 0.3 is 0 Å². The van der Waals surface area contributed by atoms with Crippen LogP contribution in [0.4, 0.5) is 11.4 Å². The lowest BCUT2D eigenvalue weighted by atomic mass is 10.3. The Hall–Kier alpha value is -2.30. The monoisotopic (exact) mass is 542 g/mol. The summed E-state index contributed by atoms with van der Waals surface area (Å²) in [6, 6.07) is 19.7. The molecule has 0 aliphatic heterocycles. The Bertz CT molecular complexity index is 1100. The van der Waals surface area contributed by atoms with E-state index in [-0.39, 0.29) is 11.5 Å². The van der Waals surface area contributed by atoms with E-state index in [1.807, 2.05) is 12.1 Å². The van der Waals surface area contributed by atoms with E-state index in [9.17, 15) is 13.2 Å². The van der Waals surface area contributed by atoms with Crippen molar-refractivity contribution < 1.29 is 17.9 Å². The summed E-state index contributed by atoms with van der Waals surface area (Å²) < 4.78 is 33.8. The van der Waals surface area contributed by atoms with Crippen molar-refractivity contribution in [3.05, 3.63) is 81.4 Å². The van der Waals surface area contributed by atoms with E-state index < -0.39 is 15.9 Å². The first-order chi connectivity index (χ1) is 13.8. The summed E-state index contributed by atoms with van der Waals surface area (Å²) in [6.07, 6.45) is 0. The van der Waals surface area contributed by atoms with Crippen molar-refractivity contribution in [3.63, 3.8) is 0 Å². The first-order valence-electron chi connectivity index (χ1n) is 8.39. The van der Waals surface area contributed by atoms with Gasteiger partial charge < -0.3 is 10.1 Å². The second-order valence-electron chi connectivity index (χ2n) is 5.90. The molecular formula is C20H16ClIN2O4S. The molecule has 3 rings (SSSR count). The van der Waals surface area contributed by atoms with Gasteiger partial charge in [-0.3, -0.25) is 9.52 Å². The maximum atomic E-state index is 12.5. The molecule has 0 heterocycles. The van der Waals surface area contributed by atoms with Crippen molar-refractivity contribution in [1.29, 1.82) is 0 Å². The Labute approximate surface area is 187 Å². The predicted molar refractivity (Wildman–Crippen MR) is 122 cm³/mol. The fourth-order valence-corrected chi connectivity index (χ4v) is 3.96. The normalized spacial score (nSPS) is 11.0. The summed E-state index contributed by atoms with van der Waals surface area (Å²) in [6.45, 7) is -0.224. The number of carbonyl (C=O) groups excluding carboxylic acids is 1. The van der Waals surface area contributed by atoms with Crippen molar-refractivity contribution in [3.8, 4) is 5.75 Å². The number of nitrogens with one attached hydrogen (secondary N) is 2. The summed E-state index contributed by atoms with van der Waals surface area (Å²) >= 11 is 8.12. The molecule has 1 amide bonds. The molecule has 9 heteroatoms. The number of hydrogen-bond acceptors (Lipinski definition) is 4. The van der Waals surface area contributed by atoms with E-state index in [0.717, 1.165) is 3.57 Å². The van der Waals surface area contributed by atoms with Gasteiger partial charge in [0.15, 0.2) is 6.61 Å². The van der Waals surface area contributed by atoms with Crippen LogP contribution in [0.3, 0.4) is 0 Å². The number of anilines is 2. The summed E-state index contributed by atoms with van der Waals surface area (Å²) in [5.74, 6) is 0.0185. The van der Waals surface area contributed by atoms with Crippen LogP contribution in [0.25, 0.3) is 0 Å². The zero-order valence-corrected chi connectivity index (χ0v) is 18.7. The molecule has 150 valence electrons. The number of rotatable bonds is 7. The third kappa shape index (κ3) is 6.09. The largest absolute Gasteiger partial charge is 0.482 e. The van der Waals surface area contributed by atoms with Gasteiger partial charge in [0.05, 0.1) is 9.92 Å². The fourth-order valence-electron chi connectivity index (χ4n) is 2.35. The maximum Gasteiger partial charge on any atom is 0.262 e. The summed E-state index contributed by atoms with van der Waals surface area (Å²) in [7, 11) is -3.73. The second kappa shape index (κ2) is 9.47. The number of carbonyl (C=O) groups is 1. The van der Waals surface area contributed by atoms with Gasteiger partial charge in [-0.25, -0.2) is 8.42 Å². The number of amides is 1. The molecule has 3 aromatic carbocycles. The molecule has 0 saturated heterocycles. The molecule has 2 N–H and O–H groups in total. The second-order valence-corrected chi connectivity index (χ2v) is 9.24. The minimum Gasteiger partial charge on any atom is -0.482 e. The molecule has 0 atom stereocenters. The predicted octanol–water partition coefficient (Wildman–Crippen LogP) is 4.76. The highest BCUT2D eigenvalue weighted by atomic mass is 127. The summed E-state index contributed by atoms with van der Waals surface area (Å²) in [5, 5.41) is 3.06. The Morgan fingerprint density at radius 3 is 2.21 bits per heavy atom. The molecular weight excluding hydrogens is 527 g/mol. The molecule has 29 heavy (non-hydrogen) atoms. The van der Waals surface area contributed by atoms with Crippen LogP contribution in [-0.2, 0) is 14.8 Å². The van der Waals surface area contributed by atoms with Crippen LogP contribution < -0.4 is 14.8 Å². The minimum absolute atomic E-state index is 0.0846. The molecule has 0 aliphatic carbocycles. The SMILES string of the molecule is O=C(COc1ccccc1Cl)Nc1ccc(S(=O)(=O)Nc2ccc(I)cc2)cc1. The molecule has 3 aromatic rings. The first kappa shape index (κ1) is 21.4. The average Bonchev–Trinajstić information content (AvgIpc) is 2.69. The molecule has 0 saturated carbocycles. The molecule has 0 unspecified atom stereocenters. The standard InChI is InChI=1S/C20H16ClIN2O4S/c21-18-3-1-2-4-19(18)28-13-20(25)23-15-9-11-17(12-10-15)29(26,27)24-16-7-5-14(22)6-8-16/h1-12,24H,13H2,(H,23,25). The third-order valence-electron chi connectivity index (χ3n) is 3.74. The van der Waals surface area contributed by atoms with Crippen LogP contribution >= 0.6 is 34.2 Å². The lowest BCUT2D eigenvalue weighted by Crippen LogP contribution is -2.20. The molecule has 0 radical (unpaired) electrons. The van der Waals surface area contributed by atoms with E-state index in [2.05, 4.69) is 32.6 Å². The Morgan fingerprint density at radius 2 is 1.55 bits per heavy atom. The van der Waals surface area contributed by atoms with E-state index in [1.54, 1.807) is 36.4 Å². The summed E-state index contributed by atoms with van der Waals surface area (Å²) in [5.41, 5.74) is 0.922. The lowest BCUT2D eigenvalue weighted by Gasteiger charge is -2.10. The van der Waals surface area contributed by atoms with Crippen LogP contribution in [0.5, 0.6) is 5.75 Å². The van der Waals surface area contributed by atoms with Gasteiger partial charge in [-0.05, 0) is 83.3 Å². The van der Waals surface area contributed by atoms with Crippen LogP contribution in [-0.4, -0.2) is 20.9 Å². The Morgan fingerprint density at radius 1 is 0.931 bits per heavy atom. The van der Waals surface area contributed by atoms with Gasteiger partial charge in [0.25, 0.3) is 15.9 Å². The molecule has 0 bridgehead atoms. The van der Waals surface area contributed by atoms with E-state index >= 15 is 0 Å². The van der Waals surface area contributed by atoms with Gasteiger partial charge in [0.1, 0.15) is 5.75 Å². The molecule has 0 aromatic heterocycles. The Balaban J connectivity index is 1.59. The zero-order valence-electron chi connectivity index (χ0n) is 14.9. The van der Waals surface area contributed by atoms with Gasteiger partial charge in [-0.2, -0.15) is 0 Å². The highest BCUT2D eigenvalue weighted by Gasteiger charge is 2.14. The van der Waals surface area contributed by atoms with Crippen molar-refractivity contribution >= 4 is 61.5 Å². The molecule has 0 aliphatic rings. The zero-order chi connectivity index (χ0) is 20.9. The lowest BCUT2D eigenvalue weighted by molar-refractivity contribution is -0.118. The van der Waals surface area contributed by atoms with Crippen LogP contribution in [0.2, 0.25) is 5.02 Å². The van der Waals surface area contributed by atoms with Gasteiger partial charge in [-0.15, -0.1) is 0 Å². The molecule has 6 nitrogen and oxygen atoms in total. The smallest absolute Gasteiger partial charge is 0.262 e.